The van der Waals surface area contributed by atoms with Crippen molar-refractivity contribution in [2.75, 3.05) is 20.0 Å². The minimum atomic E-state index is -0.571. The van der Waals surface area contributed by atoms with Crippen LogP contribution in [0.3, 0.4) is 0 Å². The first-order valence-corrected chi connectivity index (χ1v) is 48.9. The molecule has 0 saturated heterocycles. The van der Waals surface area contributed by atoms with Gasteiger partial charge in [0.25, 0.3) is 0 Å². The van der Waals surface area contributed by atoms with E-state index in [4.69, 9.17) is 29.3 Å². The standard InChI is InChI=1S/C67H44N2O2.C37H25NO.C30H20ClNO/c1-3-19-46(20-4-1)67(59-33-11-7-27-54(59)55-28-8-12-34-60(55)67)47-21-15-24-50(43-47)69(61-35-18-38-64-65(61)58-30-10-14-37-63(58)70-64)52-26-16-25-51(44-52)68(48-22-5-2-6-23-48)49-41-39-45(40-42-49)53-31-17-32-57-56-29-9-13-36-62(56)71-66(53)57;1-2-12-25(13-3-1)37(31-19-7-4-16-28(31)29-17-5-8-20-32(29)37)26-14-10-15-27(24-26)38-33-21-11-23-35-36(33)30-18-6-9-22-34(30)39-35;31-22-8-6-11-25(20-22)32(23-9-2-1-3-10-23)24-18-16-21(17-19-24)26-13-7-14-28-27-12-4-5-15-29(27)33-30(26)28/h1-44H;1-24,38H;1-20H. The van der Waals surface area contributed by atoms with Gasteiger partial charge in [0.2, 0.25) is 0 Å². The number of hydrogen-bond donors (Lipinski definition) is 1. The minimum Gasteiger partial charge on any atom is -0.456 e. The van der Waals surface area contributed by atoms with Gasteiger partial charge in [0, 0.05) is 99.7 Å². The van der Waals surface area contributed by atoms with Crippen LogP contribution in [0, 0.1) is 0 Å². The first-order valence-electron chi connectivity index (χ1n) is 48.5. The molecule has 28 rings (SSSR count). The molecule has 9 heteroatoms. The SMILES string of the molecule is Clc1cccc(N(c2ccccc2)c2ccc(-c3cccc4c3oc3ccccc34)cc2)c1.c1ccc(C2(c3cccc(Nc4cccc5oc6ccccc6c45)c3)c3ccccc3-c3ccccc32)cc1.c1ccc(N(c2ccc(-c3cccc4c3oc3ccccc34)cc2)c2cccc(N(c3cccc(C4(c5ccccc5)c5ccccc5-c5ccccc54)c3)c3cccc4oc5ccccc5c34)c2)cc1. The molecule has 1 N–H and O–H groups in total. The molecule has 0 bridgehead atoms. The van der Waals surface area contributed by atoms with Crippen LogP contribution in [-0.4, -0.2) is 0 Å². The number of benzene rings is 22. The van der Waals surface area contributed by atoms with Crippen LogP contribution >= 0.6 is 11.6 Å². The summed E-state index contributed by atoms with van der Waals surface area (Å²) in [5.74, 6) is 0. The first kappa shape index (κ1) is 85.0. The van der Waals surface area contributed by atoms with Gasteiger partial charge in [-0.2, -0.15) is 0 Å². The Morgan fingerprint density at radius 1 is 0.196 bits per heavy atom. The van der Waals surface area contributed by atoms with Crippen molar-refractivity contribution < 1.29 is 17.7 Å². The first-order chi connectivity index (χ1) is 70.8. The summed E-state index contributed by atoms with van der Waals surface area (Å²) in [6.45, 7) is 0. The molecule has 26 aromatic rings. The van der Waals surface area contributed by atoms with Crippen LogP contribution in [-0.2, 0) is 10.8 Å². The van der Waals surface area contributed by atoms with Crippen LogP contribution in [0.25, 0.3) is 132 Å². The van der Waals surface area contributed by atoms with Crippen LogP contribution in [0.2, 0.25) is 5.02 Å². The van der Waals surface area contributed by atoms with Crippen molar-refractivity contribution in [1.82, 2.24) is 0 Å². The average molecular weight is 1850 g/mol. The van der Waals surface area contributed by atoms with Crippen molar-refractivity contribution in [1.29, 1.82) is 0 Å². The van der Waals surface area contributed by atoms with Crippen LogP contribution in [0.4, 0.5) is 62.6 Å². The maximum Gasteiger partial charge on any atom is 0.143 e. The normalized spacial score (nSPS) is 12.5. The van der Waals surface area contributed by atoms with Gasteiger partial charge in [-0.25, -0.2) is 0 Å². The highest BCUT2D eigenvalue weighted by Gasteiger charge is 2.48. The van der Waals surface area contributed by atoms with E-state index in [1.165, 1.54) is 66.8 Å². The quantitative estimate of drug-likeness (QED) is 0.0967. The summed E-state index contributed by atoms with van der Waals surface area (Å²) in [4.78, 5) is 6.97. The van der Waals surface area contributed by atoms with Gasteiger partial charge in [-0.05, 0) is 236 Å². The summed E-state index contributed by atoms with van der Waals surface area (Å²) < 4.78 is 25.5. The fourth-order valence-corrected chi connectivity index (χ4v) is 22.7. The van der Waals surface area contributed by atoms with Crippen molar-refractivity contribution in [2.45, 2.75) is 10.8 Å². The molecular weight excluding hydrogens is 1760 g/mol. The second kappa shape index (κ2) is 35.8. The number of para-hydroxylation sites is 8. The van der Waals surface area contributed by atoms with E-state index in [1.54, 1.807) is 0 Å². The summed E-state index contributed by atoms with van der Waals surface area (Å²) >= 11 is 6.32. The molecule has 0 spiro atoms. The van der Waals surface area contributed by atoms with E-state index in [2.05, 4.69) is 457 Å². The van der Waals surface area contributed by atoms with Crippen LogP contribution < -0.4 is 20.0 Å². The van der Waals surface area contributed by atoms with Crippen LogP contribution in [0.15, 0.2) is 552 Å². The summed E-state index contributed by atoms with van der Waals surface area (Å²) in [7, 11) is 0. The maximum atomic E-state index is 6.59. The number of nitrogens with one attached hydrogen (secondary N) is 1. The number of rotatable bonds is 17. The lowest BCUT2D eigenvalue weighted by Gasteiger charge is -2.35. The number of halogens is 1. The summed E-state index contributed by atoms with van der Waals surface area (Å²) in [5.41, 5.74) is 37.1. The topological polar surface area (TPSA) is 74.3 Å². The Kier molecular flexibility index (Phi) is 21.3. The summed E-state index contributed by atoms with van der Waals surface area (Å²) in [6.07, 6.45) is 0. The van der Waals surface area contributed by atoms with Crippen molar-refractivity contribution >= 4 is 162 Å². The lowest BCUT2D eigenvalue weighted by molar-refractivity contribution is 0.668. The highest BCUT2D eigenvalue weighted by molar-refractivity contribution is 6.31. The molecule has 4 aromatic heterocycles. The summed E-state index contributed by atoms with van der Waals surface area (Å²) in [6, 6.07) is 189. The van der Waals surface area contributed by atoms with Gasteiger partial charge < -0.3 is 37.7 Å². The van der Waals surface area contributed by atoms with Crippen LogP contribution in [0.1, 0.15) is 44.5 Å². The number of anilines is 11. The van der Waals surface area contributed by atoms with Gasteiger partial charge in [-0.1, -0.05) is 388 Å². The third-order valence-electron chi connectivity index (χ3n) is 28.6. The van der Waals surface area contributed by atoms with E-state index >= 15 is 0 Å². The number of fused-ring (bicyclic) bond motifs is 18. The highest BCUT2D eigenvalue weighted by atomic mass is 35.5. The zero-order chi connectivity index (χ0) is 94.9. The summed E-state index contributed by atoms with van der Waals surface area (Å²) in [5, 5.41) is 13.3. The lowest BCUT2D eigenvalue weighted by atomic mass is 9.67. The van der Waals surface area contributed by atoms with E-state index in [9.17, 15) is 0 Å². The average Bonchev–Trinajstić information content (AvgIpc) is 1.54. The Labute approximate surface area is 832 Å². The Morgan fingerprint density at radius 3 is 0.993 bits per heavy atom. The lowest BCUT2D eigenvalue weighted by Crippen LogP contribution is -2.28. The molecule has 0 fully saturated rings. The molecule has 22 aromatic carbocycles. The molecule has 0 radical (unpaired) electrons. The maximum absolute atomic E-state index is 6.59. The molecule has 143 heavy (non-hydrogen) atoms. The van der Waals surface area contributed by atoms with Crippen molar-refractivity contribution in [3.8, 4) is 44.5 Å². The molecule has 2 aliphatic carbocycles. The van der Waals surface area contributed by atoms with Gasteiger partial charge >= 0.3 is 0 Å². The Morgan fingerprint density at radius 2 is 0.510 bits per heavy atom. The monoisotopic (exact) mass is 1850 g/mol. The molecule has 2 aliphatic rings. The molecular formula is C134H89ClN4O4. The van der Waals surface area contributed by atoms with Crippen molar-refractivity contribution in [2.24, 2.45) is 0 Å². The molecule has 8 nitrogen and oxygen atoms in total. The van der Waals surface area contributed by atoms with E-state index in [1.807, 2.05) is 97.1 Å². The zero-order valence-electron chi connectivity index (χ0n) is 77.7. The van der Waals surface area contributed by atoms with E-state index in [-0.39, 0.29) is 0 Å². The Hall–Kier alpha value is -18.5. The van der Waals surface area contributed by atoms with Gasteiger partial charge in [-0.15, -0.1) is 0 Å². The number of hydrogen-bond acceptors (Lipinski definition) is 8. The second-order valence-electron chi connectivity index (χ2n) is 36.5. The molecule has 0 unspecified atom stereocenters. The molecule has 676 valence electrons. The number of furan rings is 4. The molecule has 0 amide bonds. The van der Waals surface area contributed by atoms with Gasteiger partial charge in [0.1, 0.15) is 44.7 Å². The van der Waals surface area contributed by atoms with E-state index in [0.29, 0.717) is 5.02 Å². The Balaban J connectivity index is 0.000000122. The van der Waals surface area contributed by atoms with Crippen molar-refractivity contribution in [3.63, 3.8) is 0 Å². The van der Waals surface area contributed by atoms with Gasteiger partial charge in [0.15, 0.2) is 0 Å². The second-order valence-corrected chi connectivity index (χ2v) is 37.0. The largest absolute Gasteiger partial charge is 0.456 e. The fourth-order valence-electron chi connectivity index (χ4n) is 22.5. The third kappa shape index (κ3) is 14.6. The predicted molar refractivity (Wildman–Crippen MR) is 593 cm³/mol. The predicted octanol–water partition coefficient (Wildman–Crippen LogP) is 37.5. The molecule has 4 heterocycles. The van der Waals surface area contributed by atoms with E-state index in [0.717, 1.165) is 173 Å². The Bertz CT molecular complexity index is 9220. The smallest absolute Gasteiger partial charge is 0.143 e. The minimum absolute atomic E-state index is 0.416. The van der Waals surface area contributed by atoms with Crippen molar-refractivity contribution in [3.05, 3.63) is 583 Å². The van der Waals surface area contributed by atoms with Gasteiger partial charge in [-0.3, -0.25) is 0 Å². The highest BCUT2D eigenvalue weighted by Crippen LogP contribution is 2.60. The van der Waals surface area contributed by atoms with E-state index < -0.39 is 10.8 Å². The van der Waals surface area contributed by atoms with Crippen LogP contribution in [0.5, 0.6) is 0 Å². The zero-order valence-corrected chi connectivity index (χ0v) is 78.4. The fraction of sp³-hybridized carbons (Fsp3) is 0.0149. The molecule has 0 atom stereocenters. The third-order valence-corrected chi connectivity index (χ3v) is 28.8. The molecule has 0 saturated carbocycles. The number of nitrogens with zero attached hydrogens (tertiary/aromatic N) is 3. The molecule has 0 aliphatic heterocycles. The van der Waals surface area contributed by atoms with Gasteiger partial charge in [0.05, 0.1) is 33.0 Å².